The lowest BCUT2D eigenvalue weighted by atomic mass is 10.1. The molecule has 0 spiro atoms. The van der Waals surface area contributed by atoms with E-state index in [1.807, 2.05) is 16.7 Å². The van der Waals surface area contributed by atoms with E-state index in [1.165, 1.54) is 0 Å². The minimum Gasteiger partial charge on any atom is -0.350 e. The van der Waals surface area contributed by atoms with E-state index in [0.717, 1.165) is 5.56 Å². The fraction of sp³-hybridized carbons (Fsp3) is 0.333. The molecule has 0 radical (unpaired) electrons. The van der Waals surface area contributed by atoms with Crippen molar-refractivity contribution in [3.8, 4) is 11.4 Å². The number of rotatable bonds is 6. The summed E-state index contributed by atoms with van der Waals surface area (Å²) in [4.78, 5) is 20.8. The standard InChI is InChI=1S/C18H20N6O3S/c25-17(4-10-23-9-1-5-21-23)22-15-12-28(26,27)13-16(15)24-11-8-20-18(24)14-2-6-19-7-3-14/h1-3,5-9,11,15-16H,4,10,12-13H2,(H,22,25)/t15-,16-/m1/s1. The number of imidazole rings is 1. The highest BCUT2D eigenvalue weighted by Gasteiger charge is 2.40. The molecule has 1 saturated heterocycles. The van der Waals surface area contributed by atoms with E-state index in [1.54, 1.807) is 47.9 Å². The van der Waals surface area contributed by atoms with Gasteiger partial charge in [0.05, 0.1) is 23.6 Å². The number of aryl methyl sites for hydroxylation is 1. The van der Waals surface area contributed by atoms with Crippen molar-refractivity contribution in [2.75, 3.05) is 11.5 Å². The third kappa shape index (κ3) is 3.96. The van der Waals surface area contributed by atoms with E-state index in [9.17, 15) is 13.2 Å². The lowest BCUT2D eigenvalue weighted by molar-refractivity contribution is -0.122. The predicted octanol–water partition coefficient (Wildman–Crippen LogP) is 0.686. The molecule has 10 heteroatoms. The largest absolute Gasteiger partial charge is 0.350 e. The smallest absolute Gasteiger partial charge is 0.222 e. The van der Waals surface area contributed by atoms with Crippen LogP contribution in [-0.4, -0.2) is 56.2 Å². The zero-order valence-corrected chi connectivity index (χ0v) is 15.9. The maximum atomic E-state index is 12.4. The van der Waals surface area contributed by atoms with Crippen molar-refractivity contribution in [2.45, 2.75) is 25.0 Å². The molecule has 0 unspecified atom stereocenters. The molecule has 2 atom stereocenters. The quantitative estimate of drug-likeness (QED) is 0.651. The van der Waals surface area contributed by atoms with Gasteiger partial charge in [-0.2, -0.15) is 5.10 Å². The molecule has 1 fully saturated rings. The highest BCUT2D eigenvalue weighted by molar-refractivity contribution is 7.91. The maximum absolute atomic E-state index is 12.4. The summed E-state index contributed by atoms with van der Waals surface area (Å²) < 4.78 is 28.1. The van der Waals surface area contributed by atoms with Crippen molar-refractivity contribution in [2.24, 2.45) is 0 Å². The van der Waals surface area contributed by atoms with E-state index in [-0.39, 0.29) is 23.8 Å². The number of pyridine rings is 1. The first-order chi connectivity index (χ1) is 13.5. The molecule has 1 aliphatic rings. The van der Waals surface area contributed by atoms with Crippen LogP contribution < -0.4 is 5.32 Å². The molecule has 4 rings (SSSR count). The Labute approximate surface area is 162 Å². The van der Waals surface area contributed by atoms with Crippen LogP contribution in [0.15, 0.2) is 55.4 Å². The molecule has 0 aliphatic carbocycles. The SMILES string of the molecule is O=C(CCn1cccn1)N[C@@H]1CS(=O)(=O)C[C@H]1n1ccnc1-c1ccncc1. The van der Waals surface area contributed by atoms with Gasteiger partial charge in [0, 0.05) is 55.7 Å². The zero-order chi connectivity index (χ0) is 19.6. The Hall–Kier alpha value is -3.01. The molecular formula is C18H20N6O3S. The number of amides is 1. The second-order valence-electron chi connectivity index (χ2n) is 6.73. The maximum Gasteiger partial charge on any atom is 0.222 e. The summed E-state index contributed by atoms with van der Waals surface area (Å²) in [5, 5.41) is 6.96. The summed E-state index contributed by atoms with van der Waals surface area (Å²) >= 11 is 0. The number of carbonyl (C=O) groups is 1. The summed E-state index contributed by atoms with van der Waals surface area (Å²) in [6.07, 6.45) is 10.4. The Morgan fingerprint density at radius 3 is 2.71 bits per heavy atom. The van der Waals surface area contributed by atoms with Gasteiger partial charge in [-0.05, 0) is 18.2 Å². The third-order valence-corrected chi connectivity index (χ3v) is 6.48. The van der Waals surface area contributed by atoms with Crippen molar-refractivity contribution in [1.82, 2.24) is 29.6 Å². The van der Waals surface area contributed by atoms with Crippen molar-refractivity contribution in [1.29, 1.82) is 0 Å². The highest BCUT2D eigenvalue weighted by atomic mass is 32.2. The van der Waals surface area contributed by atoms with Crippen LogP contribution in [0.25, 0.3) is 11.4 Å². The number of aromatic nitrogens is 5. The normalized spacial score (nSPS) is 20.9. The second kappa shape index (κ2) is 7.55. The average molecular weight is 400 g/mol. The van der Waals surface area contributed by atoms with E-state index in [2.05, 4.69) is 20.4 Å². The van der Waals surface area contributed by atoms with Gasteiger partial charge in [0.1, 0.15) is 5.82 Å². The molecule has 146 valence electrons. The first-order valence-electron chi connectivity index (χ1n) is 8.92. The molecule has 0 saturated carbocycles. The number of hydrogen-bond acceptors (Lipinski definition) is 6. The number of hydrogen-bond donors (Lipinski definition) is 1. The first-order valence-corrected chi connectivity index (χ1v) is 10.7. The van der Waals surface area contributed by atoms with Crippen LogP contribution in [0.3, 0.4) is 0 Å². The van der Waals surface area contributed by atoms with Gasteiger partial charge in [-0.3, -0.25) is 14.5 Å². The number of carbonyl (C=O) groups excluding carboxylic acids is 1. The molecule has 1 N–H and O–H groups in total. The lowest BCUT2D eigenvalue weighted by Gasteiger charge is -2.22. The molecule has 28 heavy (non-hydrogen) atoms. The van der Waals surface area contributed by atoms with Crippen molar-refractivity contribution in [3.63, 3.8) is 0 Å². The summed E-state index contributed by atoms with van der Waals surface area (Å²) in [6, 6.07) is 4.51. The van der Waals surface area contributed by atoms with Crippen LogP contribution in [0, 0.1) is 0 Å². The van der Waals surface area contributed by atoms with Gasteiger partial charge in [0.25, 0.3) is 0 Å². The number of sulfone groups is 1. The molecule has 0 bridgehead atoms. The minimum atomic E-state index is -3.27. The Kier molecular flexibility index (Phi) is 4.95. The van der Waals surface area contributed by atoms with Gasteiger partial charge in [0.15, 0.2) is 9.84 Å². The Balaban J connectivity index is 1.53. The number of nitrogens with zero attached hydrogens (tertiary/aromatic N) is 5. The van der Waals surface area contributed by atoms with Crippen molar-refractivity contribution >= 4 is 15.7 Å². The molecule has 3 aromatic rings. The van der Waals surface area contributed by atoms with Crippen molar-refractivity contribution < 1.29 is 13.2 Å². The van der Waals surface area contributed by atoms with Gasteiger partial charge in [0.2, 0.25) is 5.91 Å². The predicted molar refractivity (Wildman–Crippen MR) is 102 cm³/mol. The molecule has 1 aliphatic heterocycles. The average Bonchev–Trinajstić information content (AvgIpc) is 3.40. The monoisotopic (exact) mass is 400 g/mol. The van der Waals surface area contributed by atoms with Crippen LogP contribution in [-0.2, 0) is 21.2 Å². The molecule has 9 nitrogen and oxygen atoms in total. The van der Waals surface area contributed by atoms with Crippen LogP contribution >= 0.6 is 0 Å². The molecule has 0 aromatic carbocycles. The topological polar surface area (TPSA) is 112 Å². The highest BCUT2D eigenvalue weighted by Crippen LogP contribution is 2.29. The summed E-state index contributed by atoms with van der Waals surface area (Å²) in [5.74, 6) is 0.332. The molecular weight excluding hydrogens is 380 g/mol. The van der Waals surface area contributed by atoms with Gasteiger partial charge >= 0.3 is 0 Å². The van der Waals surface area contributed by atoms with Crippen LogP contribution in [0.5, 0.6) is 0 Å². The van der Waals surface area contributed by atoms with E-state index < -0.39 is 21.9 Å². The Morgan fingerprint density at radius 1 is 1.14 bits per heavy atom. The van der Waals surface area contributed by atoms with E-state index >= 15 is 0 Å². The van der Waals surface area contributed by atoms with Gasteiger partial charge in [-0.15, -0.1) is 0 Å². The summed E-state index contributed by atoms with van der Waals surface area (Å²) in [7, 11) is -3.27. The second-order valence-corrected chi connectivity index (χ2v) is 8.89. The number of nitrogens with one attached hydrogen (secondary N) is 1. The molecule has 1 amide bonds. The molecule has 4 heterocycles. The third-order valence-electron chi connectivity index (χ3n) is 4.76. The minimum absolute atomic E-state index is 0.0362. The van der Waals surface area contributed by atoms with Gasteiger partial charge in [-0.25, -0.2) is 13.4 Å². The van der Waals surface area contributed by atoms with Gasteiger partial charge < -0.3 is 9.88 Å². The fourth-order valence-electron chi connectivity index (χ4n) is 3.47. The van der Waals surface area contributed by atoms with Gasteiger partial charge in [-0.1, -0.05) is 0 Å². The van der Waals surface area contributed by atoms with Crippen LogP contribution in [0.4, 0.5) is 0 Å². The van der Waals surface area contributed by atoms with Crippen LogP contribution in [0.2, 0.25) is 0 Å². The van der Waals surface area contributed by atoms with Crippen LogP contribution in [0.1, 0.15) is 12.5 Å². The zero-order valence-electron chi connectivity index (χ0n) is 15.0. The molecule has 3 aromatic heterocycles. The summed E-state index contributed by atoms with van der Waals surface area (Å²) in [6.45, 7) is 0.441. The summed E-state index contributed by atoms with van der Waals surface area (Å²) in [5.41, 5.74) is 0.841. The first kappa shape index (κ1) is 18.4. The fourth-order valence-corrected chi connectivity index (χ4v) is 5.38. The van der Waals surface area contributed by atoms with E-state index in [0.29, 0.717) is 12.4 Å². The lowest BCUT2D eigenvalue weighted by Crippen LogP contribution is -2.41. The Morgan fingerprint density at radius 2 is 1.96 bits per heavy atom. The Bertz CT molecular complexity index is 1050. The van der Waals surface area contributed by atoms with Crippen molar-refractivity contribution in [3.05, 3.63) is 55.4 Å². The van der Waals surface area contributed by atoms with E-state index in [4.69, 9.17) is 0 Å².